The molecule has 0 fully saturated rings. The third-order valence-corrected chi connectivity index (χ3v) is 7.46. The Bertz CT molecular complexity index is 1510. The Labute approximate surface area is 227 Å². The number of ether oxygens (including phenoxy) is 3. The van der Waals surface area contributed by atoms with Gasteiger partial charge in [0.25, 0.3) is 5.56 Å². The van der Waals surface area contributed by atoms with Crippen molar-refractivity contribution in [2.75, 3.05) is 13.4 Å². The molecule has 0 amide bonds. The lowest BCUT2D eigenvalue weighted by Gasteiger charge is -2.33. The van der Waals surface area contributed by atoms with Gasteiger partial charge >= 0.3 is 0 Å². The molecule has 0 radical (unpaired) electrons. The number of rotatable bonds is 11. The summed E-state index contributed by atoms with van der Waals surface area (Å²) in [4.78, 5) is 18.6. The molecule has 10 nitrogen and oxygen atoms in total. The van der Waals surface area contributed by atoms with Crippen LogP contribution in [-0.4, -0.2) is 43.5 Å². The highest BCUT2D eigenvalue weighted by atomic mass is 16.7. The lowest BCUT2D eigenvalue weighted by molar-refractivity contribution is 0.150. The van der Waals surface area contributed by atoms with Crippen LogP contribution >= 0.6 is 0 Å². The van der Waals surface area contributed by atoms with E-state index in [1.807, 2.05) is 54.1 Å². The van der Waals surface area contributed by atoms with Gasteiger partial charge < -0.3 is 19.2 Å². The van der Waals surface area contributed by atoms with Gasteiger partial charge in [-0.2, -0.15) is 0 Å². The van der Waals surface area contributed by atoms with Crippen molar-refractivity contribution in [2.24, 2.45) is 0 Å². The van der Waals surface area contributed by atoms with E-state index in [4.69, 9.17) is 14.2 Å². The second-order valence-electron chi connectivity index (χ2n) is 10.4. The first-order valence-electron chi connectivity index (χ1n) is 13.5. The molecule has 3 heterocycles. The highest BCUT2D eigenvalue weighted by Gasteiger charge is 2.31. The van der Waals surface area contributed by atoms with E-state index in [0.717, 1.165) is 52.4 Å². The molecule has 5 rings (SSSR count). The molecule has 0 saturated heterocycles. The molecule has 10 heteroatoms. The maximum atomic E-state index is 13.3. The summed E-state index contributed by atoms with van der Waals surface area (Å²) in [5.41, 5.74) is 2.10. The molecule has 0 aliphatic carbocycles. The Morgan fingerprint density at radius 2 is 1.90 bits per heavy atom. The van der Waals surface area contributed by atoms with Crippen LogP contribution in [0.15, 0.2) is 47.3 Å². The number of hydrogen-bond acceptors (Lipinski definition) is 8. The lowest BCUT2D eigenvalue weighted by atomic mass is 10.0. The van der Waals surface area contributed by atoms with E-state index in [-0.39, 0.29) is 23.9 Å². The molecule has 4 aromatic rings. The number of nitrogens with zero attached hydrogens (tertiary/aromatic N) is 5. The first-order chi connectivity index (χ1) is 18.8. The van der Waals surface area contributed by atoms with Crippen molar-refractivity contribution in [3.8, 4) is 17.2 Å². The average molecular weight is 533 g/mol. The maximum Gasteiger partial charge on any atom is 0.252 e. The van der Waals surface area contributed by atoms with Gasteiger partial charge in [0.2, 0.25) is 6.79 Å². The minimum Gasteiger partial charge on any atom is -0.494 e. The molecule has 2 aromatic carbocycles. The number of fused-ring (bicyclic) bond motifs is 2. The van der Waals surface area contributed by atoms with Gasteiger partial charge in [-0.25, -0.2) is 4.68 Å². The van der Waals surface area contributed by atoms with Gasteiger partial charge in [0, 0.05) is 29.6 Å². The molecular formula is C29H36N6O4. The van der Waals surface area contributed by atoms with Crippen LogP contribution in [0.2, 0.25) is 0 Å². The molecule has 1 N–H and O–H groups in total. The fourth-order valence-electron chi connectivity index (χ4n) is 4.96. The zero-order valence-corrected chi connectivity index (χ0v) is 23.2. The van der Waals surface area contributed by atoms with Gasteiger partial charge in [-0.1, -0.05) is 19.9 Å². The van der Waals surface area contributed by atoms with Crippen LogP contribution in [0.3, 0.4) is 0 Å². The summed E-state index contributed by atoms with van der Waals surface area (Å²) in [5, 5.41) is 13.8. The molecule has 0 spiro atoms. The van der Waals surface area contributed by atoms with Gasteiger partial charge in [0.1, 0.15) is 5.75 Å². The first kappa shape index (κ1) is 26.7. The Morgan fingerprint density at radius 3 is 2.67 bits per heavy atom. The first-order valence-corrected chi connectivity index (χ1v) is 13.5. The minimum absolute atomic E-state index is 0.120. The number of aromatic amines is 1. The fourth-order valence-corrected chi connectivity index (χ4v) is 4.96. The molecule has 1 aliphatic rings. The Balaban J connectivity index is 1.55. The monoisotopic (exact) mass is 532 g/mol. The summed E-state index contributed by atoms with van der Waals surface area (Å²) in [6, 6.07) is 13.5. The second-order valence-corrected chi connectivity index (χ2v) is 10.4. The largest absolute Gasteiger partial charge is 0.494 e. The summed E-state index contributed by atoms with van der Waals surface area (Å²) in [5.74, 6) is 3.01. The number of benzene rings is 2. The topological polar surface area (TPSA) is 107 Å². The lowest BCUT2D eigenvalue weighted by Crippen LogP contribution is -2.36. The molecule has 206 valence electrons. The SMILES string of the molecule is CCOc1ccc2[nH]c(=O)c(CN(Cc3ccc4c(c3)OCO4)C(CC)c3nnnn3C(C)(C)CC)cc2c1. The van der Waals surface area contributed by atoms with Crippen LogP contribution in [0, 0.1) is 0 Å². The molecule has 39 heavy (non-hydrogen) atoms. The van der Waals surface area contributed by atoms with Crippen LogP contribution in [0.5, 0.6) is 17.2 Å². The average Bonchev–Trinajstić information content (AvgIpc) is 3.60. The van der Waals surface area contributed by atoms with E-state index >= 15 is 0 Å². The highest BCUT2D eigenvalue weighted by molar-refractivity contribution is 5.80. The van der Waals surface area contributed by atoms with Crippen molar-refractivity contribution < 1.29 is 14.2 Å². The van der Waals surface area contributed by atoms with Crippen LogP contribution in [0.1, 0.15) is 70.5 Å². The molecule has 0 saturated carbocycles. The molecule has 0 bridgehead atoms. The molecule has 1 aliphatic heterocycles. The number of H-pyrrole nitrogens is 1. The van der Waals surface area contributed by atoms with E-state index in [1.165, 1.54) is 0 Å². The van der Waals surface area contributed by atoms with Crippen molar-refractivity contribution in [1.29, 1.82) is 0 Å². The Morgan fingerprint density at radius 1 is 1.08 bits per heavy atom. The van der Waals surface area contributed by atoms with Crippen molar-refractivity contribution >= 4 is 10.9 Å². The van der Waals surface area contributed by atoms with Gasteiger partial charge in [-0.15, -0.1) is 5.10 Å². The van der Waals surface area contributed by atoms with Crippen LogP contribution < -0.4 is 19.8 Å². The van der Waals surface area contributed by atoms with Crippen molar-refractivity contribution in [3.05, 3.63) is 69.8 Å². The maximum absolute atomic E-state index is 13.3. The summed E-state index contributed by atoms with van der Waals surface area (Å²) < 4.78 is 18.8. The predicted octanol–water partition coefficient (Wildman–Crippen LogP) is 4.94. The highest BCUT2D eigenvalue weighted by Crippen LogP contribution is 2.35. The minimum atomic E-state index is -0.257. The Kier molecular flexibility index (Phi) is 7.56. The molecule has 2 aromatic heterocycles. The molecule has 1 atom stereocenters. The van der Waals surface area contributed by atoms with Crippen molar-refractivity contribution in [3.63, 3.8) is 0 Å². The van der Waals surface area contributed by atoms with Crippen molar-refractivity contribution in [2.45, 2.75) is 72.1 Å². The van der Waals surface area contributed by atoms with Gasteiger partial charge in [-0.3, -0.25) is 9.69 Å². The number of aromatic nitrogens is 5. The van der Waals surface area contributed by atoms with Crippen LogP contribution in [0.25, 0.3) is 10.9 Å². The predicted molar refractivity (Wildman–Crippen MR) is 148 cm³/mol. The quantitative estimate of drug-likeness (QED) is 0.289. The van der Waals surface area contributed by atoms with Gasteiger partial charge in [0.15, 0.2) is 17.3 Å². The number of tetrazole rings is 1. The van der Waals surface area contributed by atoms with E-state index in [9.17, 15) is 4.79 Å². The zero-order valence-electron chi connectivity index (χ0n) is 23.2. The van der Waals surface area contributed by atoms with Crippen LogP contribution in [0.4, 0.5) is 0 Å². The van der Waals surface area contributed by atoms with E-state index in [1.54, 1.807) is 0 Å². The molecular weight excluding hydrogens is 496 g/mol. The summed E-state index contributed by atoms with van der Waals surface area (Å²) in [7, 11) is 0. The van der Waals surface area contributed by atoms with E-state index in [0.29, 0.717) is 25.3 Å². The standard InChI is InChI=1S/C29H36N6O4/c1-6-24(27-31-32-33-35(27)29(4,5)7-2)34(16-19-9-12-25-26(13-19)39-18-38-25)17-21-14-20-15-22(37-8-3)10-11-23(20)30-28(21)36/h9-15,24H,6-8,16-18H2,1-5H3,(H,30,36). The fraction of sp³-hybridized carbons (Fsp3) is 0.448. The summed E-state index contributed by atoms with van der Waals surface area (Å²) in [6.45, 7) is 12.2. The zero-order chi connectivity index (χ0) is 27.6. The van der Waals surface area contributed by atoms with Crippen LogP contribution in [-0.2, 0) is 18.6 Å². The number of nitrogens with one attached hydrogen (secondary N) is 1. The Hall–Kier alpha value is -3.92. The number of pyridine rings is 1. The third kappa shape index (κ3) is 5.47. The smallest absolute Gasteiger partial charge is 0.252 e. The van der Waals surface area contributed by atoms with E-state index in [2.05, 4.69) is 53.1 Å². The number of hydrogen-bond donors (Lipinski definition) is 1. The second kappa shape index (κ2) is 11.1. The van der Waals surface area contributed by atoms with Gasteiger partial charge in [0.05, 0.1) is 18.2 Å². The normalized spacial score (nSPS) is 13.8. The van der Waals surface area contributed by atoms with Crippen molar-refractivity contribution in [1.82, 2.24) is 30.1 Å². The molecule has 1 unspecified atom stereocenters. The summed E-state index contributed by atoms with van der Waals surface area (Å²) in [6.07, 6.45) is 1.63. The third-order valence-electron chi connectivity index (χ3n) is 7.46. The summed E-state index contributed by atoms with van der Waals surface area (Å²) >= 11 is 0. The van der Waals surface area contributed by atoms with E-state index < -0.39 is 0 Å². The van der Waals surface area contributed by atoms with Gasteiger partial charge in [-0.05, 0) is 86.0 Å².